The third-order valence-electron chi connectivity index (χ3n) is 3.62. The highest BCUT2D eigenvalue weighted by Gasteiger charge is 2.14. The minimum Gasteiger partial charge on any atom is -0.295 e. The number of nitro benzene ring substituents is 1. The van der Waals surface area contributed by atoms with E-state index in [2.05, 4.69) is 20.4 Å². The van der Waals surface area contributed by atoms with Crippen LogP contribution < -0.4 is 5.56 Å². The van der Waals surface area contributed by atoms with Gasteiger partial charge in [0, 0.05) is 23.3 Å². The third-order valence-corrected chi connectivity index (χ3v) is 3.62. The molecule has 0 fully saturated rings. The predicted molar refractivity (Wildman–Crippen MR) is 94.1 cm³/mol. The fourth-order valence-corrected chi connectivity index (χ4v) is 2.33. The molecule has 0 atom stereocenters. The second kappa shape index (κ2) is 6.93. The lowest BCUT2D eigenvalue weighted by Gasteiger charge is -1.99. The van der Waals surface area contributed by atoms with Crippen LogP contribution in [0.25, 0.3) is 11.3 Å². The quantitative estimate of drug-likeness (QED) is 0.312. The van der Waals surface area contributed by atoms with Crippen molar-refractivity contribution < 1.29 is 9.72 Å². The highest BCUT2D eigenvalue weighted by Crippen LogP contribution is 2.29. The molecular formula is C17H13N5O4. The molecule has 2 aromatic carbocycles. The number of H-pyrrole nitrogens is 2. The molecule has 0 bridgehead atoms. The van der Waals surface area contributed by atoms with E-state index in [1.54, 1.807) is 30.3 Å². The van der Waals surface area contributed by atoms with Gasteiger partial charge in [-0.3, -0.25) is 29.9 Å². The topological polar surface area (TPSA) is 134 Å². The van der Waals surface area contributed by atoms with Crippen molar-refractivity contribution in [1.29, 1.82) is 0 Å². The summed E-state index contributed by atoms with van der Waals surface area (Å²) >= 11 is 0. The lowest BCUT2D eigenvalue weighted by atomic mass is 10.1. The van der Waals surface area contributed by atoms with Crippen molar-refractivity contribution in [1.82, 2.24) is 10.2 Å². The van der Waals surface area contributed by atoms with Gasteiger partial charge < -0.3 is 0 Å². The molecule has 9 nitrogen and oxygen atoms in total. The Bertz CT molecular complexity index is 1080. The lowest BCUT2D eigenvalue weighted by molar-refractivity contribution is -0.384. The maximum Gasteiger partial charge on any atom is 0.292 e. The average Bonchev–Trinajstić information content (AvgIpc) is 3.01. The van der Waals surface area contributed by atoms with Gasteiger partial charge in [-0.1, -0.05) is 24.3 Å². The van der Waals surface area contributed by atoms with Crippen molar-refractivity contribution in [2.75, 3.05) is 0 Å². The fourth-order valence-electron chi connectivity index (χ4n) is 2.33. The predicted octanol–water partition coefficient (Wildman–Crippen LogP) is 3.90. The van der Waals surface area contributed by atoms with E-state index < -0.39 is 10.5 Å². The molecule has 130 valence electrons. The molecule has 1 aromatic heterocycles. The van der Waals surface area contributed by atoms with E-state index in [4.69, 9.17) is 0 Å². The number of aromatic nitrogens is 2. The summed E-state index contributed by atoms with van der Waals surface area (Å²) in [6, 6.07) is 12.3. The Kier molecular flexibility index (Phi) is 4.52. The summed E-state index contributed by atoms with van der Waals surface area (Å²) < 4.78 is 0. The highest BCUT2D eigenvalue weighted by molar-refractivity contribution is 5.94. The van der Waals surface area contributed by atoms with Gasteiger partial charge in [0.1, 0.15) is 0 Å². The second-order valence-electron chi connectivity index (χ2n) is 5.42. The molecule has 0 amide bonds. The van der Waals surface area contributed by atoms with Crippen LogP contribution in [0, 0.1) is 10.1 Å². The summed E-state index contributed by atoms with van der Waals surface area (Å²) in [6.45, 7) is 1.44. The molecule has 3 rings (SSSR count). The molecule has 26 heavy (non-hydrogen) atoms. The number of carbonyl (C=O) groups is 1. The van der Waals surface area contributed by atoms with Crippen LogP contribution in [-0.4, -0.2) is 20.9 Å². The largest absolute Gasteiger partial charge is 0.295 e. The van der Waals surface area contributed by atoms with Crippen molar-refractivity contribution in [3.8, 4) is 11.3 Å². The van der Waals surface area contributed by atoms with Crippen LogP contribution in [0.3, 0.4) is 0 Å². The first-order valence-corrected chi connectivity index (χ1v) is 7.54. The summed E-state index contributed by atoms with van der Waals surface area (Å²) in [7, 11) is 0. The van der Waals surface area contributed by atoms with Gasteiger partial charge in [0.15, 0.2) is 11.5 Å². The standard InChI is InChI=1S/C17H13N5O4/c1-10(23)11-4-2-6-13(8-11)18-20-16-15(19-21-17(16)24)12-5-3-7-14(9-12)22(25)26/h2-9H,1H3,(H2,19,21,24). The van der Waals surface area contributed by atoms with Crippen molar-refractivity contribution in [2.45, 2.75) is 6.92 Å². The van der Waals surface area contributed by atoms with Gasteiger partial charge in [0.2, 0.25) is 0 Å². The number of azo groups is 1. The minimum absolute atomic E-state index is 0.0151. The molecule has 3 aromatic rings. The summed E-state index contributed by atoms with van der Waals surface area (Å²) in [6.07, 6.45) is 0. The first kappa shape index (κ1) is 17.0. The van der Waals surface area contributed by atoms with Gasteiger partial charge in [-0.25, -0.2) is 0 Å². The number of aromatic amines is 2. The van der Waals surface area contributed by atoms with Gasteiger partial charge >= 0.3 is 0 Å². The van der Waals surface area contributed by atoms with Gasteiger partial charge in [-0.2, -0.15) is 5.11 Å². The first-order valence-electron chi connectivity index (χ1n) is 7.54. The lowest BCUT2D eigenvalue weighted by Crippen LogP contribution is -1.96. The zero-order chi connectivity index (χ0) is 18.7. The number of nitrogens with zero attached hydrogens (tertiary/aromatic N) is 3. The van der Waals surface area contributed by atoms with Crippen molar-refractivity contribution >= 4 is 22.8 Å². The van der Waals surface area contributed by atoms with E-state index >= 15 is 0 Å². The van der Waals surface area contributed by atoms with Crippen LogP contribution in [0.1, 0.15) is 17.3 Å². The van der Waals surface area contributed by atoms with Crippen LogP contribution in [0.4, 0.5) is 17.1 Å². The Labute approximate surface area is 146 Å². The van der Waals surface area contributed by atoms with Crippen LogP contribution in [0.2, 0.25) is 0 Å². The molecular weight excluding hydrogens is 338 g/mol. The highest BCUT2D eigenvalue weighted by atomic mass is 16.6. The molecule has 0 aliphatic heterocycles. The normalized spacial score (nSPS) is 11.0. The Hall–Kier alpha value is -3.88. The van der Waals surface area contributed by atoms with Gasteiger partial charge in [-0.05, 0) is 19.1 Å². The monoisotopic (exact) mass is 351 g/mol. The van der Waals surface area contributed by atoms with Gasteiger partial charge in [-0.15, -0.1) is 5.11 Å². The smallest absolute Gasteiger partial charge is 0.292 e. The molecule has 9 heteroatoms. The Morgan fingerprint density at radius 3 is 2.58 bits per heavy atom. The number of ketones is 1. The number of Topliss-reactive ketones (excluding diaryl/α,β-unsaturated/α-hetero) is 1. The number of carbonyl (C=O) groups excluding carboxylic acids is 1. The Balaban J connectivity index is 2.00. The Morgan fingerprint density at radius 1 is 1.08 bits per heavy atom. The Morgan fingerprint density at radius 2 is 1.85 bits per heavy atom. The summed E-state index contributed by atoms with van der Waals surface area (Å²) in [5, 5.41) is 23.9. The molecule has 0 aliphatic rings. The molecule has 0 radical (unpaired) electrons. The van der Waals surface area contributed by atoms with Crippen LogP contribution in [0.15, 0.2) is 63.6 Å². The van der Waals surface area contributed by atoms with Crippen LogP contribution in [0.5, 0.6) is 0 Å². The van der Waals surface area contributed by atoms with E-state index in [1.807, 2.05) is 0 Å². The molecule has 1 heterocycles. The minimum atomic E-state index is -0.525. The van der Waals surface area contributed by atoms with E-state index in [9.17, 15) is 19.7 Å². The van der Waals surface area contributed by atoms with Gasteiger partial charge in [0.25, 0.3) is 11.2 Å². The summed E-state index contributed by atoms with van der Waals surface area (Å²) in [5.74, 6) is -0.112. The zero-order valence-electron chi connectivity index (χ0n) is 13.6. The molecule has 0 unspecified atom stereocenters. The SMILES string of the molecule is CC(=O)c1cccc(N=Nc2c(-c3cccc([N+](=O)[O-])c3)[nH][nH]c2=O)c1. The second-order valence-corrected chi connectivity index (χ2v) is 5.42. The summed E-state index contributed by atoms with van der Waals surface area (Å²) in [5.41, 5.74) is 0.944. The molecule has 2 N–H and O–H groups in total. The number of nitrogens with one attached hydrogen (secondary N) is 2. The number of benzene rings is 2. The molecule has 0 saturated carbocycles. The maximum atomic E-state index is 12.0. The van der Waals surface area contributed by atoms with Crippen LogP contribution >= 0.6 is 0 Å². The third kappa shape index (κ3) is 3.46. The maximum absolute atomic E-state index is 12.0. The number of nitro groups is 1. The van der Waals surface area contributed by atoms with Crippen molar-refractivity contribution in [3.63, 3.8) is 0 Å². The van der Waals surface area contributed by atoms with E-state index in [1.165, 1.54) is 25.1 Å². The zero-order valence-corrected chi connectivity index (χ0v) is 13.6. The fraction of sp³-hybridized carbons (Fsp3) is 0.0588. The van der Waals surface area contributed by atoms with E-state index in [-0.39, 0.29) is 22.9 Å². The van der Waals surface area contributed by atoms with Crippen molar-refractivity contribution in [2.24, 2.45) is 10.2 Å². The van der Waals surface area contributed by atoms with Crippen LogP contribution in [-0.2, 0) is 0 Å². The van der Waals surface area contributed by atoms with E-state index in [0.717, 1.165) is 0 Å². The number of hydrogen-bond acceptors (Lipinski definition) is 6. The molecule has 0 saturated heterocycles. The van der Waals surface area contributed by atoms with Crippen molar-refractivity contribution in [3.05, 3.63) is 74.6 Å². The molecule has 0 aliphatic carbocycles. The number of rotatable bonds is 5. The average molecular weight is 351 g/mol. The molecule has 0 spiro atoms. The number of non-ortho nitro benzene ring substituents is 1. The first-order chi connectivity index (χ1) is 12.5. The van der Waals surface area contributed by atoms with E-state index in [0.29, 0.717) is 16.8 Å². The summed E-state index contributed by atoms with van der Waals surface area (Å²) in [4.78, 5) is 33.8. The number of hydrogen-bond donors (Lipinski definition) is 2. The van der Waals surface area contributed by atoms with Gasteiger partial charge in [0.05, 0.1) is 16.3 Å².